The highest BCUT2D eigenvalue weighted by Gasteiger charge is 2.36. The van der Waals surface area contributed by atoms with Gasteiger partial charge in [-0.3, -0.25) is 0 Å². The van der Waals surface area contributed by atoms with Crippen LogP contribution in [0.25, 0.3) is 0 Å². The Bertz CT molecular complexity index is 486. The van der Waals surface area contributed by atoms with Gasteiger partial charge in [0.1, 0.15) is 11.7 Å². The second-order valence-electron chi connectivity index (χ2n) is 7.50. The van der Waals surface area contributed by atoms with Crippen molar-refractivity contribution in [3.8, 4) is 0 Å². The zero-order valence-electron chi connectivity index (χ0n) is 17.0. The minimum Gasteiger partial charge on any atom is -0.444 e. The predicted molar refractivity (Wildman–Crippen MR) is 110 cm³/mol. The first kappa shape index (κ1) is 26.8. The maximum absolute atomic E-state index is 11.7. The van der Waals surface area contributed by atoms with E-state index < -0.39 is 17.8 Å². The Balaban J connectivity index is 0.000000567. The zero-order valence-corrected chi connectivity index (χ0v) is 17.8. The molecule has 0 bridgehead atoms. The van der Waals surface area contributed by atoms with Gasteiger partial charge in [-0.2, -0.15) is 0 Å². The van der Waals surface area contributed by atoms with Gasteiger partial charge in [0.15, 0.2) is 0 Å². The molecule has 2 aliphatic rings. The third kappa shape index (κ3) is 9.86. The van der Waals surface area contributed by atoms with Gasteiger partial charge in [0.25, 0.3) is 0 Å². The van der Waals surface area contributed by atoms with Gasteiger partial charge in [0.05, 0.1) is 44.6 Å². The van der Waals surface area contributed by atoms with Crippen molar-refractivity contribution < 1.29 is 29.2 Å². The van der Waals surface area contributed by atoms with Crippen molar-refractivity contribution in [3.63, 3.8) is 0 Å². The van der Waals surface area contributed by atoms with E-state index in [1.807, 2.05) is 20.8 Å². The molecule has 2 aliphatic heterocycles. The first-order valence-electron chi connectivity index (χ1n) is 9.17. The van der Waals surface area contributed by atoms with Crippen LogP contribution in [0.2, 0.25) is 0 Å². The summed E-state index contributed by atoms with van der Waals surface area (Å²) in [6, 6.07) is 0. The normalized spacial score (nSPS) is 26.7. The summed E-state index contributed by atoms with van der Waals surface area (Å²) in [4.78, 5) is 13.2. The van der Waals surface area contributed by atoms with Crippen molar-refractivity contribution in [2.75, 3.05) is 39.4 Å². The van der Waals surface area contributed by atoms with Crippen LogP contribution >= 0.6 is 12.4 Å². The second-order valence-corrected chi connectivity index (χ2v) is 7.50. The molecule has 0 saturated carbocycles. The van der Waals surface area contributed by atoms with Gasteiger partial charge < -0.3 is 34.6 Å². The zero-order chi connectivity index (χ0) is 20.4. The fourth-order valence-electron chi connectivity index (χ4n) is 2.59. The number of carbonyl (C=O) groups is 1. The molecule has 1 amide bonds. The Labute approximate surface area is 173 Å². The molecule has 28 heavy (non-hydrogen) atoms. The molecule has 0 aromatic heterocycles. The maximum atomic E-state index is 11.7. The first-order valence-corrected chi connectivity index (χ1v) is 9.17. The summed E-state index contributed by atoms with van der Waals surface area (Å²) >= 11 is 0. The number of β-amino-alcohol motifs (C(OH)–C–C–N with tert-alkyl or cyclic N) is 2. The minimum absolute atomic E-state index is 0. The van der Waals surface area contributed by atoms with Crippen molar-refractivity contribution >= 4 is 18.5 Å². The lowest BCUT2D eigenvalue weighted by Crippen LogP contribution is -2.36. The van der Waals surface area contributed by atoms with Gasteiger partial charge in [-0.15, -0.1) is 25.6 Å². The Morgan fingerprint density at radius 2 is 1.64 bits per heavy atom. The van der Waals surface area contributed by atoms with E-state index in [4.69, 9.17) is 14.2 Å². The molecule has 0 aromatic rings. The predicted octanol–water partition coefficient (Wildman–Crippen LogP) is 1.11. The standard InChI is InChI=1S/C12H21NO4.C7H13NO2.ClH/c1-5-6-16-10-8-13(7-9(10)14)11(15)17-12(2,3)4;1-2-3-10-7-5-8-4-6(7)9;/h5,9-10,14H,1,6-8H2,2-4H3;2,6-9H,1,3-5H2;1H/t9-,10-;6-,7-;/m00./s1. The Kier molecular flexibility index (Phi) is 12.6. The summed E-state index contributed by atoms with van der Waals surface area (Å²) in [5.41, 5.74) is -0.526. The molecule has 0 aliphatic carbocycles. The van der Waals surface area contributed by atoms with Crippen LogP contribution < -0.4 is 5.32 Å². The van der Waals surface area contributed by atoms with Crippen LogP contribution in [0.3, 0.4) is 0 Å². The van der Waals surface area contributed by atoms with Crippen molar-refractivity contribution in [1.29, 1.82) is 0 Å². The summed E-state index contributed by atoms with van der Waals surface area (Å²) < 4.78 is 15.8. The van der Waals surface area contributed by atoms with Gasteiger partial charge in [-0.05, 0) is 20.8 Å². The lowest BCUT2D eigenvalue weighted by molar-refractivity contribution is 0.00391. The van der Waals surface area contributed by atoms with E-state index in [1.54, 1.807) is 12.2 Å². The summed E-state index contributed by atoms with van der Waals surface area (Å²) in [6.07, 6.45) is 1.47. The average Bonchev–Trinajstić information content (AvgIpc) is 3.16. The molecule has 2 rings (SSSR count). The number of nitrogens with zero attached hydrogens (tertiary/aromatic N) is 1. The van der Waals surface area contributed by atoms with E-state index >= 15 is 0 Å². The number of rotatable bonds is 6. The number of likely N-dealkylation sites (tertiary alicyclic amines) is 1. The number of nitrogens with one attached hydrogen (secondary N) is 1. The molecule has 0 aromatic carbocycles. The van der Waals surface area contributed by atoms with Crippen LogP contribution in [-0.2, 0) is 14.2 Å². The molecule has 164 valence electrons. The lowest BCUT2D eigenvalue weighted by atomic mass is 10.2. The number of ether oxygens (including phenoxy) is 3. The minimum atomic E-state index is -0.664. The van der Waals surface area contributed by atoms with E-state index in [9.17, 15) is 15.0 Å². The fraction of sp³-hybridized carbons (Fsp3) is 0.737. The van der Waals surface area contributed by atoms with Gasteiger partial charge in [-0.1, -0.05) is 12.2 Å². The monoisotopic (exact) mass is 422 g/mol. The topological polar surface area (TPSA) is 100 Å². The van der Waals surface area contributed by atoms with Crippen LogP contribution in [0.1, 0.15) is 20.8 Å². The van der Waals surface area contributed by atoms with E-state index in [1.165, 1.54) is 4.90 Å². The number of aliphatic hydroxyl groups excluding tert-OH is 2. The molecular weight excluding hydrogens is 388 g/mol. The van der Waals surface area contributed by atoms with Gasteiger partial charge in [0.2, 0.25) is 0 Å². The highest BCUT2D eigenvalue weighted by molar-refractivity contribution is 5.85. The highest BCUT2D eigenvalue weighted by atomic mass is 35.5. The Morgan fingerprint density at radius 1 is 1.07 bits per heavy atom. The van der Waals surface area contributed by atoms with Crippen LogP contribution in [0.15, 0.2) is 25.3 Å². The smallest absolute Gasteiger partial charge is 0.410 e. The van der Waals surface area contributed by atoms with Crippen LogP contribution in [0.4, 0.5) is 4.79 Å². The van der Waals surface area contributed by atoms with E-state index in [-0.39, 0.29) is 37.3 Å². The number of amides is 1. The first-order chi connectivity index (χ1) is 12.7. The molecule has 2 fully saturated rings. The third-order valence-electron chi connectivity index (χ3n) is 3.87. The molecule has 0 radical (unpaired) electrons. The lowest BCUT2D eigenvalue weighted by Gasteiger charge is -2.24. The fourth-order valence-corrected chi connectivity index (χ4v) is 2.59. The van der Waals surface area contributed by atoms with Crippen LogP contribution in [0, 0.1) is 0 Å². The third-order valence-corrected chi connectivity index (χ3v) is 3.87. The SMILES string of the molecule is C=CCO[C@H]1CN(C(=O)OC(C)(C)C)C[C@@H]1O.C=CCO[C@H]1CNC[C@@H]1O.Cl. The van der Waals surface area contributed by atoms with E-state index in [0.717, 1.165) is 6.54 Å². The van der Waals surface area contributed by atoms with Gasteiger partial charge >= 0.3 is 6.09 Å². The molecule has 3 N–H and O–H groups in total. The second kappa shape index (κ2) is 13.1. The Hall–Kier alpha value is -1.16. The molecule has 8 nitrogen and oxygen atoms in total. The van der Waals surface area contributed by atoms with E-state index in [2.05, 4.69) is 18.5 Å². The highest BCUT2D eigenvalue weighted by Crippen LogP contribution is 2.17. The maximum Gasteiger partial charge on any atom is 0.410 e. The molecule has 0 unspecified atom stereocenters. The van der Waals surface area contributed by atoms with Gasteiger partial charge in [0, 0.05) is 13.1 Å². The molecule has 4 atom stereocenters. The number of aliphatic hydroxyl groups is 2. The number of hydrogen-bond donors (Lipinski definition) is 3. The molecule has 2 saturated heterocycles. The summed E-state index contributed by atoms with van der Waals surface area (Å²) in [5, 5.41) is 21.9. The van der Waals surface area contributed by atoms with Crippen molar-refractivity contribution in [1.82, 2.24) is 10.2 Å². The molecule has 0 spiro atoms. The van der Waals surface area contributed by atoms with Crippen LogP contribution in [-0.4, -0.2) is 90.6 Å². The van der Waals surface area contributed by atoms with E-state index in [0.29, 0.717) is 26.3 Å². The molecule has 2 heterocycles. The molecule has 9 heteroatoms. The van der Waals surface area contributed by atoms with Crippen molar-refractivity contribution in [2.45, 2.75) is 50.8 Å². The van der Waals surface area contributed by atoms with Crippen molar-refractivity contribution in [3.05, 3.63) is 25.3 Å². The van der Waals surface area contributed by atoms with Crippen molar-refractivity contribution in [2.24, 2.45) is 0 Å². The Morgan fingerprint density at radius 3 is 2.11 bits per heavy atom. The number of hydrogen-bond acceptors (Lipinski definition) is 7. The summed E-state index contributed by atoms with van der Waals surface area (Å²) in [7, 11) is 0. The quantitative estimate of drug-likeness (QED) is 0.551. The number of carbonyl (C=O) groups excluding carboxylic acids is 1. The van der Waals surface area contributed by atoms with Gasteiger partial charge in [-0.25, -0.2) is 4.79 Å². The van der Waals surface area contributed by atoms with Crippen LogP contribution in [0.5, 0.6) is 0 Å². The largest absolute Gasteiger partial charge is 0.444 e. The average molecular weight is 423 g/mol. The molecular formula is C19H35ClN2O6. The number of halogens is 1. The summed E-state index contributed by atoms with van der Waals surface area (Å²) in [5.74, 6) is 0. The summed E-state index contributed by atoms with van der Waals surface area (Å²) in [6.45, 7) is 15.3.